The van der Waals surface area contributed by atoms with Gasteiger partial charge in [-0.2, -0.15) is 5.10 Å². The van der Waals surface area contributed by atoms with Crippen molar-refractivity contribution in [3.05, 3.63) is 70.2 Å². The van der Waals surface area contributed by atoms with Gasteiger partial charge in [-0.05, 0) is 36.8 Å². The first kappa shape index (κ1) is 17.0. The van der Waals surface area contributed by atoms with Crippen molar-refractivity contribution >= 4 is 33.6 Å². The SMILES string of the molecule is COc1ccc(Br)cc1C(=O)N/N=C(C)/C=C/c1ccccc1. The Labute approximate surface area is 144 Å². The van der Waals surface area contributed by atoms with E-state index in [1.54, 1.807) is 12.1 Å². The molecule has 0 heterocycles. The summed E-state index contributed by atoms with van der Waals surface area (Å²) in [6, 6.07) is 15.1. The Bertz CT molecular complexity index is 740. The van der Waals surface area contributed by atoms with Crippen LogP contribution in [0.4, 0.5) is 0 Å². The van der Waals surface area contributed by atoms with Gasteiger partial charge in [0.15, 0.2) is 0 Å². The van der Waals surface area contributed by atoms with Gasteiger partial charge in [0, 0.05) is 4.47 Å². The van der Waals surface area contributed by atoms with Gasteiger partial charge in [-0.3, -0.25) is 4.79 Å². The Morgan fingerprint density at radius 3 is 2.65 bits per heavy atom. The number of allylic oxidation sites excluding steroid dienone is 1. The number of hydrazone groups is 1. The molecule has 0 spiro atoms. The second-order valence-corrected chi connectivity index (χ2v) is 5.70. The van der Waals surface area contributed by atoms with Crippen LogP contribution in [0.15, 0.2) is 64.2 Å². The fourth-order valence-electron chi connectivity index (χ4n) is 1.88. The van der Waals surface area contributed by atoms with E-state index in [9.17, 15) is 4.79 Å². The molecule has 118 valence electrons. The lowest BCUT2D eigenvalue weighted by Gasteiger charge is -2.07. The maximum Gasteiger partial charge on any atom is 0.275 e. The van der Waals surface area contributed by atoms with Gasteiger partial charge in [0.25, 0.3) is 5.91 Å². The van der Waals surface area contributed by atoms with Crippen molar-refractivity contribution in [3.8, 4) is 5.75 Å². The second-order valence-electron chi connectivity index (χ2n) is 4.78. The van der Waals surface area contributed by atoms with Crippen LogP contribution in [0.3, 0.4) is 0 Å². The largest absolute Gasteiger partial charge is 0.496 e. The zero-order valence-corrected chi connectivity index (χ0v) is 14.5. The van der Waals surface area contributed by atoms with Gasteiger partial charge in [-0.15, -0.1) is 0 Å². The molecule has 0 fully saturated rings. The molecule has 23 heavy (non-hydrogen) atoms. The molecule has 4 nitrogen and oxygen atoms in total. The average molecular weight is 373 g/mol. The normalized spacial score (nSPS) is 11.5. The topological polar surface area (TPSA) is 50.7 Å². The van der Waals surface area contributed by atoms with Gasteiger partial charge in [0.05, 0.1) is 18.4 Å². The van der Waals surface area contributed by atoms with Crippen LogP contribution in [0.2, 0.25) is 0 Å². The van der Waals surface area contributed by atoms with Crippen LogP contribution >= 0.6 is 15.9 Å². The third kappa shape index (κ3) is 5.07. The van der Waals surface area contributed by atoms with Crippen LogP contribution in [0.1, 0.15) is 22.8 Å². The Morgan fingerprint density at radius 2 is 1.96 bits per heavy atom. The monoisotopic (exact) mass is 372 g/mol. The highest BCUT2D eigenvalue weighted by atomic mass is 79.9. The standard InChI is InChI=1S/C18H17BrN2O2/c1-13(8-9-14-6-4-3-5-7-14)20-21-18(22)16-12-15(19)10-11-17(16)23-2/h3-12H,1-2H3,(H,21,22)/b9-8+,20-13+. The Hall–Kier alpha value is -2.40. The molecule has 0 atom stereocenters. The number of rotatable bonds is 5. The first-order chi connectivity index (χ1) is 11.1. The number of carbonyl (C=O) groups excluding carboxylic acids is 1. The van der Waals surface area contributed by atoms with E-state index in [2.05, 4.69) is 26.5 Å². The molecule has 2 aromatic carbocycles. The van der Waals surface area contributed by atoms with Gasteiger partial charge in [0.2, 0.25) is 0 Å². The van der Waals surface area contributed by atoms with Crippen molar-refractivity contribution in [1.82, 2.24) is 5.43 Å². The molecule has 0 aliphatic carbocycles. The first-order valence-corrected chi connectivity index (χ1v) is 7.81. The molecule has 5 heteroatoms. The van der Waals surface area contributed by atoms with E-state index in [0.717, 1.165) is 10.0 Å². The van der Waals surface area contributed by atoms with E-state index in [4.69, 9.17) is 4.74 Å². The van der Waals surface area contributed by atoms with E-state index in [0.29, 0.717) is 17.0 Å². The summed E-state index contributed by atoms with van der Waals surface area (Å²) < 4.78 is 5.99. The third-order valence-corrected chi connectivity index (χ3v) is 3.55. The van der Waals surface area contributed by atoms with E-state index >= 15 is 0 Å². The maximum absolute atomic E-state index is 12.2. The molecule has 2 rings (SSSR count). The summed E-state index contributed by atoms with van der Waals surface area (Å²) in [6.07, 6.45) is 3.78. The molecule has 0 bridgehead atoms. The predicted octanol–water partition coefficient (Wildman–Crippen LogP) is 4.28. The number of hydrogen-bond acceptors (Lipinski definition) is 3. The van der Waals surface area contributed by atoms with Gasteiger partial charge in [-0.25, -0.2) is 5.43 Å². The molecule has 0 aliphatic heterocycles. The minimum absolute atomic E-state index is 0.324. The number of carbonyl (C=O) groups is 1. The predicted molar refractivity (Wildman–Crippen MR) is 96.7 cm³/mol. The van der Waals surface area contributed by atoms with Crippen molar-refractivity contribution < 1.29 is 9.53 Å². The molecule has 0 saturated carbocycles. The summed E-state index contributed by atoms with van der Waals surface area (Å²) in [6.45, 7) is 1.82. The minimum Gasteiger partial charge on any atom is -0.496 e. The lowest BCUT2D eigenvalue weighted by molar-refractivity contribution is 0.0951. The van der Waals surface area contributed by atoms with Crippen LogP contribution in [0.5, 0.6) is 5.75 Å². The molecule has 1 N–H and O–H groups in total. The van der Waals surface area contributed by atoms with Crippen LogP contribution in [0, 0.1) is 0 Å². The zero-order chi connectivity index (χ0) is 16.7. The Balaban J connectivity index is 2.06. The molecular weight excluding hydrogens is 356 g/mol. The number of nitrogens with zero attached hydrogens (tertiary/aromatic N) is 1. The lowest BCUT2D eigenvalue weighted by Crippen LogP contribution is -2.19. The molecule has 0 unspecified atom stereocenters. The average Bonchev–Trinajstić information content (AvgIpc) is 2.58. The Kier molecular flexibility index (Phi) is 6.11. The summed E-state index contributed by atoms with van der Waals surface area (Å²) in [5.74, 6) is 0.175. The minimum atomic E-state index is -0.324. The van der Waals surface area contributed by atoms with E-state index < -0.39 is 0 Å². The molecular formula is C18H17BrN2O2. The zero-order valence-electron chi connectivity index (χ0n) is 12.9. The van der Waals surface area contributed by atoms with Gasteiger partial charge in [-0.1, -0.05) is 52.3 Å². The van der Waals surface area contributed by atoms with Crippen LogP contribution in [-0.2, 0) is 0 Å². The van der Waals surface area contributed by atoms with Crippen molar-refractivity contribution in [1.29, 1.82) is 0 Å². The number of nitrogens with one attached hydrogen (secondary N) is 1. The maximum atomic E-state index is 12.2. The van der Waals surface area contributed by atoms with Crippen LogP contribution in [-0.4, -0.2) is 18.7 Å². The molecule has 0 saturated heterocycles. The number of methoxy groups -OCH3 is 1. The van der Waals surface area contributed by atoms with E-state index in [1.165, 1.54) is 7.11 Å². The number of benzene rings is 2. The van der Waals surface area contributed by atoms with E-state index in [-0.39, 0.29) is 5.91 Å². The number of amides is 1. The summed E-state index contributed by atoms with van der Waals surface area (Å²) in [5, 5.41) is 4.08. The van der Waals surface area contributed by atoms with E-state index in [1.807, 2.05) is 55.5 Å². The molecule has 1 amide bonds. The highest BCUT2D eigenvalue weighted by molar-refractivity contribution is 9.10. The number of ether oxygens (including phenoxy) is 1. The highest BCUT2D eigenvalue weighted by Gasteiger charge is 2.12. The number of halogens is 1. The molecule has 0 radical (unpaired) electrons. The molecule has 0 aliphatic rings. The fraction of sp³-hybridized carbons (Fsp3) is 0.111. The van der Waals surface area contributed by atoms with Crippen molar-refractivity contribution in [2.75, 3.05) is 7.11 Å². The van der Waals surface area contributed by atoms with Crippen molar-refractivity contribution in [2.24, 2.45) is 5.10 Å². The van der Waals surface area contributed by atoms with Gasteiger partial charge in [0.1, 0.15) is 5.75 Å². The number of hydrogen-bond donors (Lipinski definition) is 1. The van der Waals surface area contributed by atoms with Gasteiger partial charge < -0.3 is 4.74 Å². The smallest absolute Gasteiger partial charge is 0.275 e. The summed E-state index contributed by atoms with van der Waals surface area (Å²) in [7, 11) is 1.52. The van der Waals surface area contributed by atoms with Crippen LogP contribution in [0.25, 0.3) is 6.08 Å². The third-order valence-electron chi connectivity index (χ3n) is 3.06. The van der Waals surface area contributed by atoms with Gasteiger partial charge >= 0.3 is 0 Å². The summed E-state index contributed by atoms with van der Waals surface area (Å²) in [4.78, 5) is 12.2. The fourth-order valence-corrected chi connectivity index (χ4v) is 2.24. The molecule has 2 aromatic rings. The Morgan fingerprint density at radius 1 is 1.22 bits per heavy atom. The summed E-state index contributed by atoms with van der Waals surface area (Å²) >= 11 is 3.34. The van der Waals surface area contributed by atoms with Crippen LogP contribution < -0.4 is 10.2 Å². The lowest BCUT2D eigenvalue weighted by atomic mass is 10.2. The summed E-state index contributed by atoms with van der Waals surface area (Å²) in [5.41, 5.74) is 4.72. The van der Waals surface area contributed by atoms with Crippen molar-refractivity contribution in [3.63, 3.8) is 0 Å². The highest BCUT2D eigenvalue weighted by Crippen LogP contribution is 2.22. The first-order valence-electron chi connectivity index (χ1n) is 7.01. The second kappa shape index (κ2) is 8.29. The van der Waals surface area contributed by atoms with Crippen molar-refractivity contribution in [2.45, 2.75) is 6.92 Å². The molecule has 0 aromatic heterocycles. The quantitative estimate of drug-likeness (QED) is 0.628.